The standard InChI is InChI=1S/C7H12ClNO3/c8-3-6(10)9-4-7(11)1-2-12-5-7/h11H,1-5H2,(H,9,10). The van der Waals surface area contributed by atoms with Crippen molar-refractivity contribution in [3.63, 3.8) is 0 Å². The van der Waals surface area contributed by atoms with E-state index in [4.69, 9.17) is 16.3 Å². The van der Waals surface area contributed by atoms with E-state index in [0.717, 1.165) is 0 Å². The van der Waals surface area contributed by atoms with Crippen LogP contribution in [0.5, 0.6) is 0 Å². The largest absolute Gasteiger partial charge is 0.386 e. The molecule has 12 heavy (non-hydrogen) atoms. The van der Waals surface area contributed by atoms with E-state index in [1.807, 2.05) is 0 Å². The van der Waals surface area contributed by atoms with Crippen molar-refractivity contribution in [2.75, 3.05) is 25.6 Å². The fraction of sp³-hybridized carbons (Fsp3) is 0.857. The highest BCUT2D eigenvalue weighted by molar-refractivity contribution is 6.27. The molecular weight excluding hydrogens is 182 g/mol. The summed E-state index contributed by atoms with van der Waals surface area (Å²) in [5, 5.41) is 12.2. The van der Waals surface area contributed by atoms with E-state index in [0.29, 0.717) is 13.0 Å². The van der Waals surface area contributed by atoms with Crippen molar-refractivity contribution in [3.05, 3.63) is 0 Å². The third-order valence-electron chi connectivity index (χ3n) is 1.82. The smallest absolute Gasteiger partial charge is 0.235 e. The lowest BCUT2D eigenvalue weighted by Gasteiger charge is -2.20. The first kappa shape index (κ1) is 9.77. The van der Waals surface area contributed by atoms with Crippen molar-refractivity contribution in [2.24, 2.45) is 0 Å². The van der Waals surface area contributed by atoms with E-state index in [9.17, 15) is 9.90 Å². The number of aliphatic hydroxyl groups is 1. The molecule has 1 fully saturated rings. The predicted molar refractivity (Wildman–Crippen MR) is 44.1 cm³/mol. The summed E-state index contributed by atoms with van der Waals surface area (Å²) in [6.45, 7) is 1.06. The van der Waals surface area contributed by atoms with Crippen molar-refractivity contribution >= 4 is 17.5 Å². The topological polar surface area (TPSA) is 58.6 Å². The monoisotopic (exact) mass is 193 g/mol. The minimum Gasteiger partial charge on any atom is -0.386 e. The van der Waals surface area contributed by atoms with Crippen LogP contribution >= 0.6 is 11.6 Å². The lowest BCUT2D eigenvalue weighted by molar-refractivity contribution is -0.119. The van der Waals surface area contributed by atoms with E-state index in [1.54, 1.807) is 0 Å². The van der Waals surface area contributed by atoms with Crippen LogP contribution < -0.4 is 5.32 Å². The number of amides is 1. The van der Waals surface area contributed by atoms with Gasteiger partial charge in [-0.3, -0.25) is 4.79 Å². The maximum Gasteiger partial charge on any atom is 0.235 e. The van der Waals surface area contributed by atoms with E-state index in [1.165, 1.54) is 0 Å². The molecule has 0 spiro atoms. The van der Waals surface area contributed by atoms with Crippen LogP contribution in [0.2, 0.25) is 0 Å². The van der Waals surface area contributed by atoms with Crippen LogP contribution in [-0.2, 0) is 9.53 Å². The third-order valence-corrected chi connectivity index (χ3v) is 2.06. The number of hydrogen-bond donors (Lipinski definition) is 2. The number of ether oxygens (including phenoxy) is 1. The highest BCUT2D eigenvalue weighted by Gasteiger charge is 2.32. The molecule has 2 N–H and O–H groups in total. The van der Waals surface area contributed by atoms with Crippen LogP contribution in [0.15, 0.2) is 0 Å². The molecule has 0 aliphatic carbocycles. The van der Waals surface area contributed by atoms with E-state index >= 15 is 0 Å². The molecule has 0 aromatic heterocycles. The second-order valence-electron chi connectivity index (χ2n) is 2.94. The fourth-order valence-electron chi connectivity index (χ4n) is 1.05. The zero-order valence-corrected chi connectivity index (χ0v) is 7.43. The summed E-state index contributed by atoms with van der Waals surface area (Å²) < 4.78 is 4.99. The molecule has 0 aromatic rings. The molecule has 1 saturated heterocycles. The van der Waals surface area contributed by atoms with Gasteiger partial charge in [0.25, 0.3) is 0 Å². The van der Waals surface area contributed by atoms with Gasteiger partial charge >= 0.3 is 0 Å². The first-order chi connectivity index (χ1) is 5.66. The van der Waals surface area contributed by atoms with Crippen molar-refractivity contribution < 1.29 is 14.6 Å². The van der Waals surface area contributed by atoms with Gasteiger partial charge in [0.1, 0.15) is 11.5 Å². The Hall–Kier alpha value is -0.320. The summed E-state index contributed by atoms with van der Waals surface area (Å²) in [6, 6.07) is 0. The summed E-state index contributed by atoms with van der Waals surface area (Å²) in [7, 11) is 0. The molecule has 1 rings (SSSR count). The van der Waals surface area contributed by atoms with E-state index < -0.39 is 5.60 Å². The quantitative estimate of drug-likeness (QED) is 0.594. The molecule has 0 aromatic carbocycles. The summed E-state index contributed by atoms with van der Waals surface area (Å²) in [4.78, 5) is 10.7. The van der Waals surface area contributed by atoms with Gasteiger partial charge < -0.3 is 15.2 Å². The summed E-state index contributed by atoms with van der Waals surface area (Å²) in [5.41, 5.74) is -0.887. The van der Waals surface area contributed by atoms with Crippen LogP contribution in [0.3, 0.4) is 0 Å². The van der Waals surface area contributed by atoms with Crippen molar-refractivity contribution in [3.8, 4) is 0 Å². The van der Waals surface area contributed by atoms with Gasteiger partial charge in [-0.2, -0.15) is 0 Å². The molecule has 5 heteroatoms. The molecule has 0 saturated carbocycles. The van der Waals surface area contributed by atoms with Crippen molar-refractivity contribution in [1.29, 1.82) is 0 Å². The molecule has 1 unspecified atom stereocenters. The average molecular weight is 194 g/mol. The minimum absolute atomic E-state index is 0.0725. The summed E-state index contributed by atoms with van der Waals surface area (Å²) >= 11 is 5.26. The van der Waals surface area contributed by atoms with Gasteiger partial charge in [-0.15, -0.1) is 11.6 Å². The molecule has 0 radical (unpaired) electrons. The minimum atomic E-state index is -0.887. The molecule has 4 nitrogen and oxygen atoms in total. The summed E-state index contributed by atoms with van der Waals surface area (Å²) in [6.07, 6.45) is 0.565. The molecule has 0 bridgehead atoms. The SMILES string of the molecule is O=C(CCl)NCC1(O)CCOC1. The molecule has 1 aliphatic rings. The van der Waals surface area contributed by atoms with Crippen LogP contribution in [0, 0.1) is 0 Å². The number of nitrogens with one attached hydrogen (secondary N) is 1. The zero-order chi connectivity index (χ0) is 9.03. The lowest BCUT2D eigenvalue weighted by atomic mass is 10.0. The van der Waals surface area contributed by atoms with Crippen LogP contribution in [-0.4, -0.2) is 42.3 Å². The Balaban J connectivity index is 2.25. The van der Waals surface area contributed by atoms with Gasteiger partial charge in [-0.1, -0.05) is 0 Å². The van der Waals surface area contributed by atoms with Crippen LogP contribution in [0.25, 0.3) is 0 Å². The normalized spacial score (nSPS) is 28.8. The molecule has 1 aliphatic heterocycles. The third kappa shape index (κ3) is 2.62. The predicted octanol–water partition coefficient (Wildman–Crippen LogP) is -0.507. The Kier molecular flexibility index (Phi) is 3.31. The maximum atomic E-state index is 10.7. The first-order valence-electron chi connectivity index (χ1n) is 3.79. The van der Waals surface area contributed by atoms with Gasteiger partial charge in [0, 0.05) is 19.6 Å². The Morgan fingerprint density at radius 1 is 1.75 bits per heavy atom. The fourth-order valence-corrected chi connectivity index (χ4v) is 1.14. The Labute approximate surface area is 75.8 Å². The number of hydrogen-bond acceptors (Lipinski definition) is 3. The van der Waals surface area contributed by atoms with Gasteiger partial charge in [0.15, 0.2) is 0 Å². The number of halogens is 1. The molecule has 1 atom stereocenters. The highest BCUT2D eigenvalue weighted by atomic mass is 35.5. The molecule has 1 amide bonds. The number of alkyl halides is 1. The number of rotatable bonds is 3. The van der Waals surface area contributed by atoms with Gasteiger partial charge in [-0.25, -0.2) is 0 Å². The van der Waals surface area contributed by atoms with Gasteiger partial charge in [0.2, 0.25) is 5.91 Å². The average Bonchev–Trinajstić information content (AvgIpc) is 2.49. The molecular formula is C7H12ClNO3. The zero-order valence-electron chi connectivity index (χ0n) is 6.68. The first-order valence-corrected chi connectivity index (χ1v) is 4.32. The van der Waals surface area contributed by atoms with Gasteiger partial charge in [-0.05, 0) is 0 Å². The van der Waals surface area contributed by atoms with Crippen LogP contribution in [0.4, 0.5) is 0 Å². The summed E-state index contributed by atoms with van der Waals surface area (Å²) in [5.74, 6) is -0.339. The van der Waals surface area contributed by atoms with Crippen molar-refractivity contribution in [1.82, 2.24) is 5.32 Å². The second kappa shape index (κ2) is 4.07. The van der Waals surface area contributed by atoms with Crippen LogP contribution in [0.1, 0.15) is 6.42 Å². The Morgan fingerprint density at radius 3 is 3.00 bits per heavy atom. The Bertz CT molecular complexity index is 168. The lowest BCUT2D eigenvalue weighted by Crippen LogP contribution is -2.43. The van der Waals surface area contributed by atoms with Gasteiger partial charge in [0.05, 0.1) is 6.61 Å². The maximum absolute atomic E-state index is 10.7. The highest BCUT2D eigenvalue weighted by Crippen LogP contribution is 2.16. The second-order valence-corrected chi connectivity index (χ2v) is 3.20. The van der Waals surface area contributed by atoms with E-state index in [-0.39, 0.29) is 24.9 Å². The van der Waals surface area contributed by atoms with Crippen molar-refractivity contribution in [2.45, 2.75) is 12.0 Å². The van der Waals surface area contributed by atoms with E-state index in [2.05, 4.69) is 5.32 Å². The number of carbonyl (C=O) groups excluding carboxylic acids is 1. The molecule has 70 valence electrons. The molecule has 1 heterocycles. The Morgan fingerprint density at radius 2 is 2.50 bits per heavy atom. The number of carbonyl (C=O) groups is 1.